The van der Waals surface area contributed by atoms with Gasteiger partial charge in [0.2, 0.25) is 0 Å². The number of halogens is 1. The van der Waals surface area contributed by atoms with Gasteiger partial charge in [0.1, 0.15) is 0 Å². The van der Waals surface area contributed by atoms with Crippen LogP contribution in [0.25, 0.3) is 0 Å². The number of anilines is 2. The monoisotopic (exact) mass is 635 g/mol. The van der Waals surface area contributed by atoms with E-state index in [-0.39, 0.29) is 16.9 Å². The van der Waals surface area contributed by atoms with E-state index in [1.54, 1.807) is 19.2 Å². The molecule has 2 N–H and O–H groups in total. The Labute approximate surface area is 242 Å². The first-order chi connectivity index (χ1) is 18.6. The predicted octanol–water partition coefficient (Wildman–Crippen LogP) is 2.68. The number of benzene rings is 2. The van der Waals surface area contributed by atoms with E-state index < -0.39 is 25.8 Å². The maximum absolute atomic E-state index is 13.0. The number of ether oxygens (including phenoxy) is 2. The van der Waals surface area contributed by atoms with Gasteiger partial charge in [0.25, 0.3) is 0 Å². The summed E-state index contributed by atoms with van der Waals surface area (Å²) in [5.74, 6) is 1.89. The first kappa shape index (κ1) is 29.6. The van der Waals surface area contributed by atoms with Gasteiger partial charge >= 0.3 is 231 Å². The van der Waals surface area contributed by atoms with Crippen LogP contribution >= 0.6 is 11.6 Å². The molecule has 12 heteroatoms. The molecule has 2 heterocycles. The van der Waals surface area contributed by atoms with E-state index in [1.165, 1.54) is 6.20 Å². The number of hydrogen-bond acceptors (Lipinski definition) is 8. The topological polar surface area (TPSA) is 106 Å². The number of methoxy groups -OCH3 is 1. The van der Waals surface area contributed by atoms with Crippen LogP contribution in [-0.2, 0) is 10.0 Å². The molecule has 39 heavy (non-hydrogen) atoms. The third kappa shape index (κ3) is 8.08. The number of rotatable bonds is 11. The van der Waals surface area contributed by atoms with Crippen LogP contribution in [0.15, 0.2) is 53.6 Å². The van der Waals surface area contributed by atoms with Crippen molar-refractivity contribution in [2.75, 3.05) is 39.1 Å². The maximum atomic E-state index is 13.0. The molecule has 0 aliphatic carbocycles. The Morgan fingerprint density at radius 1 is 1.18 bits per heavy atom. The molecule has 0 spiro atoms. The molecule has 0 radical (unpaired) electrons. The summed E-state index contributed by atoms with van der Waals surface area (Å²) in [5, 5.41) is 3.61. The molecule has 4 rings (SSSR count). The summed E-state index contributed by atoms with van der Waals surface area (Å²) >= 11 is 5.27. The van der Waals surface area contributed by atoms with Crippen molar-refractivity contribution in [3.63, 3.8) is 0 Å². The van der Waals surface area contributed by atoms with Gasteiger partial charge in [0.05, 0.1) is 0 Å². The molecule has 1 unspecified atom stereocenters. The molecule has 0 amide bonds. The van der Waals surface area contributed by atoms with Gasteiger partial charge in [-0.2, -0.15) is 0 Å². The molecule has 2 aromatic carbocycles. The number of sulfonamides is 1. The molecule has 1 aliphatic heterocycles. The van der Waals surface area contributed by atoms with Gasteiger partial charge in [-0.05, 0) is 7.05 Å². The van der Waals surface area contributed by atoms with Crippen molar-refractivity contribution in [3.05, 3.63) is 53.7 Å². The van der Waals surface area contributed by atoms with Crippen molar-refractivity contribution in [3.8, 4) is 11.5 Å². The van der Waals surface area contributed by atoms with E-state index in [9.17, 15) is 8.42 Å². The zero-order chi connectivity index (χ0) is 28.0. The number of aromatic nitrogens is 2. The van der Waals surface area contributed by atoms with Crippen LogP contribution in [0, 0.1) is 5.92 Å². The normalized spacial score (nSPS) is 15.2. The van der Waals surface area contributed by atoms with Crippen LogP contribution in [0.3, 0.4) is 0 Å². The van der Waals surface area contributed by atoms with Crippen LogP contribution in [0.2, 0.25) is 5.02 Å². The number of hydrogen-bond donors (Lipinski definition) is 2. The van der Waals surface area contributed by atoms with Crippen molar-refractivity contribution >= 4 is 57.8 Å². The Hall–Kier alpha value is -2.36. The zero-order valence-corrected chi connectivity index (χ0v) is 26.2. The summed E-state index contributed by atoms with van der Waals surface area (Å²) in [7, 11) is 0.0692. The predicted molar refractivity (Wildman–Crippen MR) is 157 cm³/mol. The second kappa shape index (κ2) is 13.3. The molecule has 1 atom stereocenters. The van der Waals surface area contributed by atoms with Crippen LogP contribution in [0.5, 0.6) is 11.5 Å². The minimum absolute atomic E-state index is 0.184. The molecule has 0 bridgehead atoms. The van der Waals surface area contributed by atoms with Gasteiger partial charge in [0, 0.05) is 0 Å². The summed E-state index contributed by atoms with van der Waals surface area (Å²) in [6.07, 6.45) is 3.70. The Morgan fingerprint density at radius 3 is 2.64 bits per heavy atom. The minimum atomic E-state index is -3.66. The fourth-order valence-corrected chi connectivity index (χ4v) is 8.91. The Balaban J connectivity index is 1.52. The molecule has 1 aromatic heterocycles. The second-order valence-corrected chi connectivity index (χ2v) is 14.7. The first-order valence-electron chi connectivity index (χ1n) is 12.8. The number of nitrogens with one attached hydrogen (secondary N) is 2. The molecule has 210 valence electrons. The van der Waals surface area contributed by atoms with E-state index in [4.69, 9.17) is 21.1 Å². The number of nitrogens with zero attached hydrogens (tertiary/aromatic N) is 3. The fourth-order valence-electron chi connectivity index (χ4n) is 4.06. The second-order valence-electron chi connectivity index (χ2n) is 9.86. The van der Waals surface area contributed by atoms with Crippen molar-refractivity contribution in [1.29, 1.82) is 0 Å². The summed E-state index contributed by atoms with van der Waals surface area (Å²) in [6.45, 7) is 6.32. The van der Waals surface area contributed by atoms with E-state index in [1.807, 2.05) is 44.2 Å². The van der Waals surface area contributed by atoms with Crippen molar-refractivity contribution in [1.82, 2.24) is 19.6 Å². The van der Waals surface area contributed by atoms with Crippen LogP contribution in [0.4, 0.5) is 11.6 Å². The molecule has 0 saturated carbocycles. The molecule has 3 aromatic rings. The molecular weight excluding hydrogens is 601 g/mol. The fraction of sp³-hybridized carbons (Fsp3) is 0.407. The van der Waals surface area contributed by atoms with Crippen molar-refractivity contribution in [2.24, 2.45) is 5.92 Å². The molecule has 1 saturated heterocycles. The van der Waals surface area contributed by atoms with Gasteiger partial charge in [-0.3, -0.25) is 0 Å². The average molecular weight is 636 g/mol. The third-order valence-electron chi connectivity index (χ3n) is 6.24. The molecule has 9 nitrogen and oxygen atoms in total. The Bertz CT molecular complexity index is 1380. The first-order valence-corrected chi connectivity index (χ1v) is 16.8. The zero-order valence-electron chi connectivity index (χ0n) is 22.6. The Kier molecular flexibility index (Phi) is 10.1. The van der Waals surface area contributed by atoms with Gasteiger partial charge < -0.3 is 4.90 Å². The Morgan fingerprint density at radius 2 is 1.92 bits per heavy atom. The summed E-state index contributed by atoms with van der Waals surface area (Å²) in [6, 6.07) is 12.6. The third-order valence-corrected chi connectivity index (χ3v) is 11.5. The van der Waals surface area contributed by atoms with E-state index in [0.29, 0.717) is 37.8 Å². The van der Waals surface area contributed by atoms with Crippen LogP contribution in [-0.4, -0.2) is 78.9 Å². The van der Waals surface area contributed by atoms with Crippen molar-refractivity contribution < 1.29 is 17.9 Å². The molecule has 1 aliphatic rings. The van der Waals surface area contributed by atoms with Crippen LogP contribution < -0.4 is 28.3 Å². The quantitative estimate of drug-likeness (QED) is 0.310. The van der Waals surface area contributed by atoms with Gasteiger partial charge in [0.15, 0.2) is 0 Å². The molecule has 1 fully saturated rings. The van der Waals surface area contributed by atoms with Gasteiger partial charge in [-0.15, -0.1) is 0 Å². The van der Waals surface area contributed by atoms with Gasteiger partial charge in [-0.25, -0.2) is 0 Å². The van der Waals surface area contributed by atoms with E-state index >= 15 is 0 Å². The van der Waals surface area contributed by atoms with Crippen LogP contribution in [0.1, 0.15) is 26.7 Å². The van der Waals surface area contributed by atoms with E-state index in [0.717, 1.165) is 31.7 Å². The summed E-state index contributed by atoms with van der Waals surface area (Å²) in [5.41, 5.74) is 0.683. The van der Waals surface area contributed by atoms with E-state index in [2.05, 4.69) is 32.0 Å². The summed E-state index contributed by atoms with van der Waals surface area (Å²) < 4.78 is 41.8. The average Bonchev–Trinajstić information content (AvgIpc) is 2.92. The van der Waals surface area contributed by atoms with Gasteiger partial charge in [-0.1, -0.05) is 0 Å². The SMILES string of the molecule is COc1cc(OC2CCN(C)CC2)ccc1Nc1ncc(Cl)c([AsH]c2ccccc2S(=O)(=O)NCC(C)C)n1. The molecular formula is C27H35AsClN5O4S. The number of likely N-dealkylation sites (tertiary alicyclic amines) is 1. The summed E-state index contributed by atoms with van der Waals surface area (Å²) in [4.78, 5) is 11.6. The van der Waals surface area contributed by atoms with Crippen molar-refractivity contribution in [2.45, 2.75) is 37.7 Å². The standard InChI is InChI=1S/C27H35AsClN5O4S/c1-18(2)16-31-39(35,36)25-8-6-5-7-21(25)28-26-22(29)17-30-27(33-26)32-23-10-9-20(15-24(23)37-4)38-19-11-13-34(3)14-12-19/h5-10,15,17-19,28,31H,11-14,16H2,1-4H3,(H,30,32,33). The number of piperidine rings is 1.